The first-order valence-corrected chi connectivity index (χ1v) is 5.00. The van der Waals surface area contributed by atoms with Gasteiger partial charge in [-0.2, -0.15) is 5.10 Å². The molecule has 1 aromatic rings. The first-order chi connectivity index (χ1) is 8.40. The lowest BCUT2D eigenvalue weighted by Crippen LogP contribution is -2.33. The Balaban J connectivity index is 2.77. The Morgan fingerprint density at radius 3 is 2.78 bits per heavy atom. The van der Waals surface area contributed by atoms with Crippen LogP contribution in [0.5, 0.6) is 0 Å². The van der Waals surface area contributed by atoms with Gasteiger partial charge in [0.2, 0.25) is 11.9 Å². The number of aliphatic hydroxyl groups is 2. The molecule has 0 fully saturated rings. The molecule has 0 radical (unpaired) electrons. The van der Waals surface area contributed by atoms with Crippen LogP contribution in [-0.2, 0) is 0 Å². The minimum atomic E-state index is -2.00. The molecule has 7 N–H and O–H groups in total. The van der Waals surface area contributed by atoms with Gasteiger partial charge in [-0.1, -0.05) is 12.1 Å². The van der Waals surface area contributed by atoms with E-state index in [1.54, 1.807) is 29.7 Å². The minimum Gasteiger partial charge on any atom is -0.367 e. The van der Waals surface area contributed by atoms with Crippen LogP contribution in [0, 0.1) is 0 Å². The van der Waals surface area contributed by atoms with Crippen molar-refractivity contribution >= 4 is 17.9 Å². The van der Waals surface area contributed by atoms with E-state index in [0.29, 0.717) is 11.3 Å². The average Bonchev–Trinajstić information content (AvgIpc) is 2.27. The molecule has 0 saturated heterocycles. The Morgan fingerprint density at radius 2 is 2.17 bits per heavy atom. The summed E-state index contributed by atoms with van der Waals surface area (Å²) in [6.45, 7) is 1.20. The minimum absolute atomic E-state index is 0.237. The van der Waals surface area contributed by atoms with Crippen LogP contribution in [0.4, 0.5) is 5.69 Å². The van der Waals surface area contributed by atoms with Gasteiger partial charge in [0.05, 0.1) is 6.21 Å². The van der Waals surface area contributed by atoms with Gasteiger partial charge in [0.1, 0.15) is 0 Å². The highest BCUT2D eigenvalue weighted by atomic mass is 16.5. The standard InChI is InChI=1S/C10H15N5O3/c1-10(16,17)13-8-4-2-3-7(5-8)6-12-14-9(11)15-18/h2-6,13,16-18H,1H3,(H3,11,14,15). The molecule has 8 nitrogen and oxygen atoms in total. The molecular weight excluding hydrogens is 238 g/mol. The summed E-state index contributed by atoms with van der Waals surface area (Å²) < 4.78 is 0. The number of hydrogen-bond acceptors (Lipinski definition) is 6. The second kappa shape index (κ2) is 5.96. The maximum Gasteiger partial charge on any atom is 0.241 e. The van der Waals surface area contributed by atoms with Crippen molar-refractivity contribution in [1.82, 2.24) is 5.48 Å². The molecule has 18 heavy (non-hydrogen) atoms. The van der Waals surface area contributed by atoms with Crippen LogP contribution in [0.1, 0.15) is 12.5 Å². The number of guanidine groups is 1. The fraction of sp³-hybridized carbons (Fsp3) is 0.200. The quantitative estimate of drug-likeness (QED) is 0.183. The zero-order valence-corrected chi connectivity index (χ0v) is 9.70. The smallest absolute Gasteiger partial charge is 0.241 e. The largest absolute Gasteiger partial charge is 0.367 e. The lowest BCUT2D eigenvalue weighted by atomic mass is 10.2. The number of anilines is 1. The predicted octanol–water partition coefficient (Wildman–Crippen LogP) is -0.616. The summed E-state index contributed by atoms with van der Waals surface area (Å²) in [5.74, 6) is -2.24. The van der Waals surface area contributed by atoms with Crippen molar-refractivity contribution in [2.45, 2.75) is 12.8 Å². The summed E-state index contributed by atoms with van der Waals surface area (Å²) >= 11 is 0. The van der Waals surface area contributed by atoms with E-state index < -0.39 is 5.91 Å². The number of rotatable bonds is 4. The van der Waals surface area contributed by atoms with Crippen LogP contribution in [0.25, 0.3) is 0 Å². The third-order valence-electron chi connectivity index (χ3n) is 1.75. The molecule has 0 aliphatic carbocycles. The fourth-order valence-corrected chi connectivity index (χ4v) is 1.15. The maximum atomic E-state index is 9.18. The first kappa shape index (κ1) is 13.9. The number of hydrogen-bond donors (Lipinski definition) is 6. The number of benzene rings is 1. The van der Waals surface area contributed by atoms with Crippen molar-refractivity contribution in [2.75, 3.05) is 5.32 Å². The van der Waals surface area contributed by atoms with E-state index >= 15 is 0 Å². The van der Waals surface area contributed by atoms with E-state index in [1.165, 1.54) is 13.1 Å². The molecule has 8 heteroatoms. The van der Waals surface area contributed by atoms with Gasteiger partial charge >= 0.3 is 0 Å². The predicted molar refractivity (Wildman–Crippen MR) is 67.0 cm³/mol. The van der Waals surface area contributed by atoms with Crippen molar-refractivity contribution in [1.29, 1.82) is 0 Å². The molecule has 1 aromatic carbocycles. The average molecular weight is 253 g/mol. The molecule has 0 heterocycles. The van der Waals surface area contributed by atoms with E-state index in [4.69, 9.17) is 10.9 Å². The van der Waals surface area contributed by atoms with Gasteiger partial charge in [0.25, 0.3) is 0 Å². The molecular formula is C10H15N5O3. The van der Waals surface area contributed by atoms with Gasteiger partial charge < -0.3 is 21.3 Å². The number of nitrogens with one attached hydrogen (secondary N) is 2. The lowest BCUT2D eigenvalue weighted by molar-refractivity contribution is -0.118. The van der Waals surface area contributed by atoms with Crippen molar-refractivity contribution in [3.63, 3.8) is 0 Å². The molecule has 0 amide bonds. The highest BCUT2D eigenvalue weighted by Gasteiger charge is 2.13. The molecule has 0 aromatic heterocycles. The molecule has 0 saturated carbocycles. The van der Waals surface area contributed by atoms with E-state index in [1.807, 2.05) is 0 Å². The van der Waals surface area contributed by atoms with Gasteiger partial charge in [-0.05, 0) is 17.7 Å². The first-order valence-electron chi connectivity index (χ1n) is 5.00. The molecule has 0 atom stereocenters. The van der Waals surface area contributed by atoms with Crippen molar-refractivity contribution in [2.24, 2.45) is 15.9 Å². The van der Waals surface area contributed by atoms with Crippen LogP contribution in [-0.4, -0.2) is 33.5 Å². The SMILES string of the molecule is CC(O)(O)Nc1cccc(C=NN=C(N)NO)c1. The Hall–Kier alpha value is -2.16. The third-order valence-corrected chi connectivity index (χ3v) is 1.75. The molecule has 0 aliphatic rings. The summed E-state index contributed by atoms with van der Waals surface area (Å²) in [5.41, 5.74) is 7.95. The Kier molecular flexibility index (Phi) is 4.60. The molecule has 98 valence electrons. The van der Waals surface area contributed by atoms with Crippen molar-refractivity contribution in [3.8, 4) is 0 Å². The maximum absolute atomic E-state index is 9.18. The Morgan fingerprint density at radius 1 is 1.44 bits per heavy atom. The summed E-state index contributed by atoms with van der Waals surface area (Å²) in [7, 11) is 0. The number of nitrogens with zero attached hydrogens (tertiary/aromatic N) is 2. The van der Waals surface area contributed by atoms with Crippen molar-refractivity contribution in [3.05, 3.63) is 29.8 Å². The van der Waals surface area contributed by atoms with Crippen LogP contribution in [0.3, 0.4) is 0 Å². The summed E-state index contributed by atoms with van der Waals surface area (Å²) in [4.78, 5) is 0. The molecule has 0 bridgehead atoms. The molecule has 1 rings (SSSR count). The molecule has 0 aliphatic heterocycles. The second-order valence-electron chi connectivity index (χ2n) is 3.61. The van der Waals surface area contributed by atoms with E-state index in [9.17, 15) is 10.2 Å². The highest BCUT2D eigenvalue weighted by Crippen LogP contribution is 2.12. The summed E-state index contributed by atoms with van der Waals surface area (Å²) in [6, 6.07) is 6.73. The number of hydroxylamine groups is 1. The fourth-order valence-electron chi connectivity index (χ4n) is 1.15. The van der Waals surface area contributed by atoms with Crippen LogP contribution >= 0.6 is 0 Å². The van der Waals surface area contributed by atoms with E-state index in [-0.39, 0.29) is 5.96 Å². The van der Waals surface area contributed by atoms with Gasteiger partial charge in [-0.3, -0.25) is 5.21 Å². The molecule has 0 spiro atoms. The zero-order valence-electron chi connectivity index (χ0n) is 9.70. The van der Waals surface area contributed by atoms with Crippen LogP contribution in [0.15, 0.2) is 34.5 Å². The van der Waals surface area contributed by atoms with Gasteiger partial charge in [0, 0.05) is 12.6 Å². The second-order valence-corrected chi connectivity index (χ2v) is 3.61. The summed E-state index contributed by atoms with van der Waals surface area (Å²) in [6.07, 6.45) is 1.39. The monoisotopic (exact) mass is 253 g/mol. The topological polar surface area (TPSA) is 135 Å². The third kappa shape index (κ3) is 5.25. The summed E-state index contributed by atoms with van der Waals surface area (Å²) in [5, 5.41) is 36.2. The van der Waals surface area contributed by atoms with Crippen LogP contribution < -0.4 is 16.5 Å². The highest BCUT2D eigenvalue weighted by molar-refractivity contribution is 5.83. The van der Waals surface area contributed by atoms with Crippen LogP contribution in [0.2, 0.25) is 0 Å². The zero-order chi connectivity index (χ0) is 13.6. The number of nitrogens with two attached hydrogens (primary N) is 1. The molecule has 0 unspecified atom stereocenters. The van der Waals surface area contributed by atoms with Crippen molar-refractivity contribution < 1.29 is 15.4 Å². The Bertz CT molecular complexity index is 453. The lowest BCUT2D eigenvalue weighted by Gasteiger charge is -2.18. The van der Waals surface area contributed by atoms with E-state index in [0.717, 1.165) is 0 Å². The van der Waals surface area contributed by atoms with Gasteiger partial charge in [-0.25, -0.2) is 5.48 Å². The van der Waals surface area contributed by atoms with Gasteiger partial charge in [0.15, 0.2) is 0 Å². The normalized spacial score (nSPS) is 12.8. The Labute approximate surface area is 103 Å². The van der Waals surface area contributed by atoms with Gasteiger partial charge in [-0.15, -0.1) is 5.10 Å². The van der Waals surface area contributed by atoms with E-state index in [2.05, 4.69) is 15.5 Å².